The molecule has 7 heteroatoms. The van der Waals surface area contributed by atoms with Gasteiger partial charge >= 0.3 is 0 Å². The minimum absolute atomic E-state index is 0.159. The number of carbonyl (C=O) groups excluding carboxylic acids is 1. The Bertz CT molecular complexity index is 1280. The molecule has 0 aliphatic carbocycles. The highest BCUT2D eigenvalue weighted by Gasteiger charge is 2.23. The van der Waals surface area contributed by atoms with E-state index in [2.05, 4.69) is 15.7 Å². The van der Waals surface area contributed by atoms with Gasteiger partial charge in [-0.15, -0.1) is 0 Å². The average Bonchev–Trinajstić information content (AvgIpc) is 3.37. The summed E-state index contributed by atoms with van der Waals surface area (Å²) < 4.78 is 1.87. The molecule has 2 N–H and O–H groups in total. The molecule has 4 aromatic rings. The Kier molecular flexibility index (Phi) is 5.77. The fourth-order valence-electron chi connectivity index (χ4n) is 4.26. The van der Waals surface area contributed by atoms with Crippen molar-refractivity contribution in [1.29, 1.82) is 0 Å². The van der Waals surface area contributed by atoms with Crippen molar-refractivity contribution < 1.29 is 4.79 Å². The number of para-hydroxylation sites is 1. The standard InChI is InChI=1S/C25H22Cl2N4O/c26-18-7-5-16(6-8-18)15-31-23-4-2-1-3-20(23)24(30-31)25(32)28-12-11-17-14-29-22-10-9-19(27)13-21(17)22/h1-10,13,17,29H,11-12,14-15H2,(H,28,32). The maximum absolute atomic E-state index is 13.0. The molecule has 162 valence electrons. The number of anilines is 1. The molecular formula is C25H22Cl2N4O. The lowest BCUT2D eigenvalue weighted by molar-refractivity contribution is 0.0948. The fourth-order valence-corrected chi connectivity index (χ4v) is 4.56. The third-order valence-electron chi connectivity index (χ3n) is 5.89. The molecule has 3 aromatic carbocycles. The summed E-state index contributed by atoms with van der Waals surface area (Å²) in [4.78, 5) is 13.0. The number of aromatic nitrogens is 2. The van der Waals surface area contributed by atoms with E-state index < -0.39 is 0 Å². The minimum Gasteiger partial charge on any atom is -0.384 e. The zero-order chi connectivity index (χ0) is 22.1. The smallest absolute Gasteiger partial charge is 0.272 e. The monoisotopic (exact) mass is 464 g/mol. The molecule has 0 bridgehead atoms. The van der Waals surface area contributed by atoms with Crippen LogP contribution in [0.25, 0.3) is 10.9 Å². The second-order valence-corrected chi connectivity index (χ2v) is 8.88. The summed E-state index contributed by atoms with van der Waals surface area (Å²) in [5.74, 6) is 0.163. The third kappa shape index (κ3) is 4.18. The van der Waals surface area contributed by atoms with Crippen molar-refractivity contribution in [2.45, 2.75) is 18.9 Å². The highest BCUT2D eigenvalue weighted by atomic mass is 35.5. The molecule has 1 amide bonds. The van der Waals surface area contributed by atoms with Gasteiger partial charge in [0.15, 0.2) is 5.69 Å². The Morgan fingerprint density at radius 1 is 1.06 bits per heavy atom. The Labute approximate surface area is 196 Å². The Morgan fingerprint density at radius 2 is 1.84 bits per heavy atom. The van der Waals surface area contributed by atoms with Crippen LogP contribution in [0.5, 0.6) is 0 Å². The second kappa shape index (κ2) is 8.85. The molecule has 1 aromatic heterocycles. The van der Waals surface area contributed by atoms with Gasteiger partial charge in [0.1, 0.15) is 0 Å². The molecule has 1 atom stereocenters. The van der Waals surface area contributed by atoms with Gasteiger partial charge in [0.25, 0.3) is 5.91 Å². The van der Waals surface area contributed by atoms with Crippen molar-refractivity contribution in [2.24, 2.45) is 0 Å². The second-order valence-electron chi connectivity index (χ2n) is 8.00. The molecule has 32 heavy (non-hydrogen) atoms. The summed E-state index contributed by atoms with van der Waals surface area (Å²) in [6.45, 7) is 1.98. The van der Waals surface area contributed by atoms with E-state index in [1.54, 1.807) is 0 Å². The molecule has 0 radical (unpaired) electrons. The average molecular weight is 465 g/mol. The zero-order valence-corrected chi connectivity index (χ0v) is 18.8. The summed E-state index contributed by atoms with van der Waals surface area (Å²) >= 11 is 12.2. The van der Waals surface area contributed by atoms with Crippen molar-refractivity contribution >= 4 is 45.7 Å². The maximum atomic E-state index is 13.0. The van der Waals surface area contributed by atoms with E-state index in [1.165, 1.54) is 5.56 Å². The van der Waals surface area contributed by atoms with Crippen molar-refractivity contribution in [3.8, 4) is 0 Å². The molecule has 0 saturated heterocycles. The number of nitrogens with zero attached hydrogens (tertiary/aromatic N) is 2. The van der Waals surface area contributed by atoms with Crippen LogP contribution in [0.4, 0.5) is 5.69 Å². The zero-order valence-electron chi connectivity index (χ0n) is 17.3. The molecule has 0 saturated carbocycles. The summed E-state index contributed by atoms with van der Waals surface area (Å²) in [7, 11) is 0. The summed E-state index contributed by atoms with van der Waals surface area (Å²) in [6, 6.07) is 21.4. The van der Waals surface area contributed by atoms with E-state index >= 15 is 0 Å². The highest BCUT2D eigenvalue weighted by molar-refractivity contribution is 6.31. The predicted octanol–water partition coefficient (Wildman–Crippen LogP) is 5.72. The van der Waals surface area contributed by atoms with E-state index in [0.29, 0.717) is 29.7 Å². The lowest BCUT2D eigenvalue weighted by Gasteiger charge is -2.11. The van der Waals surface area contributed by atoms with E-state index in [1.807, 2.05) is 71.4 Å². The number of hydrogen-bond donors (Lipinski definition) is 2. The molecule has 0 spiro atoms. The molecule has 1 aliphatic rings. The van der Waals surface area contributed by atoms with Crippen molar-refractivity contribution in [3.05, 3.63) is 93.6 Å². The summed E-state index contributed by atoms with van der Waals surface area (Å²) in [5, 5.41) is 13.4. The van der Waals surface area contributed by atoms with Gasteiger partial charge in [0.05, 0.1) is 12.1 Å². The Morgan fingerprint density at radius 3 is 2.69 bits per heavy atom. The number of amides is 1. The molecule has 5 rings (SSSR count). The van der Waals surface area contributed by atoms with Crippen LogP contribution in [0, 0.1) is 0 Å². The van der Waals surface area contributed by atoms with Gasteiger partial charge in [-0.2, -0.15) is 5.10 Å². The number of nitrogens with one attached hydrogen (secondary N) is 2. The van der Waals surface area contributed by atoms with Crippen LogP contribution >= 0.6 is 23.2 Å². The molecule has 2 heterocycles. The van der Waals surface area contributed by atoms with Crippen LogP contribution in [-0.2, 0) is 6.54 Å². The third-order valence-corrected chi connectivity index (χ3v) is 6.38. The normalized spacial score (nSPS) is 14.9. The first-order chi connectivity index (χ1) is 15.6. The van der Waals surface area contributed by atoms with Crippen molar-refractivity contribution in [3.63, 3.8) is 0 Å². The minimum atomic E-state index is -0.159. The van der Waals surface area contributed by atoms with Gasteiger partial charge in [-0.05, 0) is 53.9 Å². The van der Waals surface area contributed by atoms with Gasteiger partial charge in [-0.25, -0.2) is 0 Å². The number of carbonyl (C=O) groups is 1. The van der Waals surface area contributed by atoms with Crippen LogP contribution in [0.15, 0.2) is 66.7 Å². The largest absolute Gasteiger partial charge is 0.384 e. The topological polar surface area (TPSA) is 59.0 Å². The number of rotatable bonds is 6. The highest BCUT2D eigenvalue weighted by Crippen LogP contribution is 2.35. The van der Waals surface area contributed by atoms with Crippen molar-refractivity contribution in [2.75, 3.05) is 18.4 Å². The number of halogens is 2. The van der Waals surface area contributed by atoms with E-state index in [9.17, 15) is 4.79 Å². The SMILES string of the molecule is O=C(NCCC1CNc2ccc(Cl)cc21)c1nn(Cc2ccc(Cl)cc2)c2ccccc12. The number of fused-ring (bicyclic) bond motifs is 2. The fraction of sp³-hybridized carbons (Fsp3) is 0.200. The van der Waals surface area contributed by atoms with Crippen LogP contribution in [0.2, 0.25) is 10.0 Å². The van der Waals surface area contributed by atoms with Crippen LogP contribution in [-0.4, -0.2) is 28.8 Å². The molecule has 5 nitrogen and oxygen atoms in total. The van der Waals surface area contributed by atoms with Crippen LogP contribution in [0.1, 0.15) is 34.0 Å². The van der Waals surface area contributed by atoms with Crippen LogP contribution in [0.3, 0.4) is 0 Å². The van der Waals surface area contributed by atoms with E-state index in [0.717, 1.165) is 40.1 Å². The van der Waals surface area contributed by atoms with Gasteiger partial charge in [0.2, 0.25) is 0 Å². The van der Waals surface area contributed by atoms with Crippen LogP contribution < -0.4 is 10.6 Å². The Hall–Kier alpha value is -3.02. The number of benzene rings is 3. The summed E-state index contributed by atoms with van der Waals surface area (Å²) in [6.07, 6.45) is 0.829. The van der Waals surface area contributed by atoms with Gasteiger partial charge < -0.3 is 10.6 Å². The van der Waals surface area contributed by atoms with E-state index in [-0.39, 0.29) is 5.91 Å². The quantitative estimate of drug-likeness (QED) is 0.383. The first-order valence-electron chi connectivity index (χ1n) is 10.6. The van der Waals surface area contributed by atoms with Crippen molar-refractivity contribution in [1.82, 2.24) is 15.1 Å². The number of hydrogen-bond acceptors (Lipinski definition) is 3. The summed E-state index contributed by atoms with van der Waals surface area (Å²) in [5.41, 5.74) is 4.78. The van der Waals surface area contributed by atoms with E-state index in [4.69, 9.17) is 23.2 Å². The Balaban J connectivity index is 1.30. The first kappa shape index (κ1) is 20.9. The molecular weight excluding hydrogens is 443 g/mol. The predicted molar refractivity (Wildman–Crippen MR) is 130 cm³/mol. The van der Waals surface area contributed by atoms with Gasteiger partial charge in [-0.1, -0.05) is 53.5 Å². The molecule has 1 aliphatic heterocycles. The molecule has 1 unspecified atom stereocenters. The van der Waals surface area contributed by atoms with Gasteiger partial charge in [-0.3, -0.25) is 9.48 Å². The maximum Gasteiger partial charge on any atom is 0.272 e. The molecule has 0 fully saturated rings. The van der Waals surface area contributed by atoms with Gasteiger partial charge in [0, 0.05) is 40.1 Å². The first-order valence-corrected chi connectivity index (χ1v) is 11.4. The lowest BCUT2D eigenvalue weighted by Crippen LogP contribution is -2.26. The lowest BCUT2D eigenvalue weighted by atomic mass is 9.98.